The number of carboxylic acids is 1. The van der Waals surface area contributed by atoms with E-state index in [0.717, 1.165) is 18.4 Å². The summed E-state index contributed by atoms with van der Waals surface area (Å²) >= 11 is 0. The summed E-state index contributed by atoms with van der Waals surface area (Å²) in [6.45, 7) is 0.842. The zero-order valence-corrected chi connectivity index (χ0v) is 23.1. The van der Waals surface area contributed by atoms with E-state index in [-0.39, 0.29) is 29.6 Å². The molecule has 0 unspecified atom stereocenters. The van der Waals surface area contributed by atoms with Crippen molar-refractivity contribution in [3.05, 3.63) is 113 Å². The summed E-state index contributed by atoms with van der Waals surface area (Å²) < 4.78 is 16.5. The first-order valence-corrected chi connectivity index (χ1v) is 13.2. The Labute approximate surface area is 239 Å². The van der Waals surface area contributed by atoms with Crippen LogP contribution >= 0.6 is 0 Å². The number of amides is 1. The third kappa shape index (κ3) is 7.79. The Morgan fingerprint density at radius 2 is 1.41 bits per heavy atom. The van der Waals surface area contributed by atoms with E-state index in [1.165, 1.54) is 31.9 Å². The molecule has 1 amide bonds. The number of carboxylic acid groups (broad SMARTS) is 1. The van der Waals surface area contributed by atoms with Crippen LogP contribution < -0.4 is 14.2 Å². The molecule has 0 heterocycles. The molecule has 0 atom stereocenters. The maximum absolute atomic E-state index is 13.7. The molecule has 0 aliphatic carbocycles. The maximum Gasteiger partial charge on any atom is 0.307 e. The number of carbonyl (C=O) groups excluding carboxylic acids is 1. The van der Waals surface area contributed by atoms with Gasteiger partial charge in [-0.1, -0.05) is 60.7 Å². The van der Waals surface area contributed by atoms with Crippen LogP contribution in [0, 0.1) is 0 Å². The SMILES string of the molecule is COc1cc(C(=O)N(CCCc2ccccc2)Cc2ccc(Oc3ccccc3CC(=O)O)cc2)cc(OC)c1O. The summed E-state index contributed by atoms with van der Waals surface area (Å²) in [4.78, 5) is 26.7. The van der Waals surface area contributed by atoms with Crippen LogP contribution in [-0.2, 0) is 24.2 Å². The molecule has 4 aromatic rings. The molecule has 41 heavy (non-hydrogen) atoms. The van der Waals surface area contributed by atoms with Gasteiger partial charge in [0.25, 0.3) is 5.91 Å². The molecular formula is C33H33NO7. The van der Waals surface area contributed by atoms with Gasteiger partial charge in [-0.25, -0.2) is 0 Å². The first-order chi connectivity index (χ1) is 19.9. The Kier molecular flexibility index (Phi) is 9.83. The molecule has 0 aliphatic heterocycles. The minimum Gasteiger partial charge on any atom is -0.502 e. The van der Waals surface area contributed by atoms with Crippen molar-refractivity contribution in [3.63, 3.8) is 0 Å². The summed E-state index contributed by atoms with van der Waals surface area (Å²) in [5.74, 6) is 0.0259. The third-order valence-corrected chi connectivity index (χ3v) is 6.59. The van der Waals surface area contributed by atoms with Crippen LogP contribution in [0.1, 0.15) is 33.5 Å². The molecule has 0 spiro atoms. The number of methoxy groups -OCH3 is 2. The number of phenolic OH excluding ortho intramolecular Hbond substituents is 1. The van der Waals surface area contributed by atoms with Crippen molar-refractivity contribution in [2.45, 2.75) is 25.8 Å². The molecule has 8 nitrogen and oxygen atoms in total. The van der Waals surface area contributed by atoms with Crippen LogP contribution in [0.5, 0.6) is 28.7 Å². The summed E-state index contributed by atoms with van der Waals surface area (Å²) in [7, 11) is 2.84. The molecule has 0 saturated carbocycles. The van der Waals surface area contributed by atoms with Gasteiger partial charge in [0.15, 0.2) is 11.5 Å². The number of rotatable bonds is 13. The van der Waals surface area contributed by atoms with Gasteiger partial charge in [0, 0.05) is 24.2 Å². The van der Waals surface area contributed by atoms with E-state index in [4.69, 9.17) is 14.2 Å². The van der Waals surface area contributed by atoms with Crippen LogP contribution in [0.2, 0.25) is 0 Å². The number of phenols is 1. The quantitative estimate of drug-likeness (QED) is 0.205. The number of nitrogens with zero attached hydrogens (tertiary/aromatic N) is 1. The number of aromatic hydroxyl groups is 1. The molecule has 2 N–H and O–H groups in total. The highest BCUT2D eigenvalue weighted by molar-refractivity contribution is 5.95. The number of carbonyl (C=O) groups is 2. The maximum atomic E-state index is 13.7. The summed E-state index contributed by atoms with van der Waals surface area (Å²) in [5.41, 5.74) is 3.00. The van der Waals surface area contributed by atoms with E-state index < -0.39 is 5.97 Å². The topological polar surface area (TPSA) is 106 Å². The van der Waals surface area contributed by atoms with Gasteiger partial charge < -0.3 is 29.3 Å². The van der Waals surface area contributed by atoms with E-state index >= 15 is 0 Å². The summed E-state index contributed by atoms with van der Waals surface area (Å²) in [6.07, 6.45) is 1.43. The molecule has 0 radical (unpaired) electrons. The normalized spacial score (nSPS) is 10.6. The smallest absolute Gasteiger partial charge is 0.307 e. The number of benzene rings is 4. The number of aryl methyl sites for hydroxylation is 1. The van der Waals surface area contributed by atoms with Crippen molar-refractivity contribution in [2.24, 2.45) is 0 Å². The molecule has 4 aromatic carbocycles. The molecule has 8 heteroatoms. The molecule has 0 saturated heterocycles. The van der Waals surface area contributed by atoms with E-state index in [2.05, 4.69) is 12.1 Å². The Balaban J connectivity index is 1.53. The van der Waals surface area contributed by atoms with Gasteiger partial charge in [-0.3, -0.25) is 9.59 Å². The monoisotopic (exact) mass is 555 g/mol. The van der Waals surface area contributed by atoms with E-state index in [1.54, 1.807) is 41.3 Å². The zero-order valence-electron chi connectivity index (χ0n) is 23.1. The second kappa shape index (κ2) is 13.9. The minimum atomic E-state index is -0.933. The summed E-state index contributed by atoms with van der Waals surface area (Å²) in [5, 5.41) is 19.5. The van der Waals surface area contributed by atoms with Crippen molar-refractivity contribution in [2.75, 3.05) is 20.8 Å². The lowest BCUT2D eigenvalue weighted by Crippen LogP contribution is -2.32. The lowest BCUT2D eigenvalue weighted by Gasteiger charge is -2.24. The van der Waals surface area contributed by atoms with Crippen molar-refractivity contribution in [1.82, 2.24) is 4.90 Å². The zero-order chi connectivity index (χ0) is 29.2. The second-order valence-electron chi connectivity index (χ2n) is 9.47. The van der Waals surface area contributed by atoms with Gasteiger partial charge >= 0.3 is 5.97 Å². The number of ether oxygens (including phenoxy) is 3. The van der Waals surface area contributed by atoms with Crippen LogP contribution in [-0.4, -0.2) is 47.8 Å². The highest BCUT2D eigenvalue weighted by atomic mass is 16.5. The van der Waals surface area contributed by atoms with Crippen LogP contribution in [0.4, 0.5) is 0 Å². The van der Waals surface area contributed by atoms with Gasteiger partial charge in [0.1, 0.15) is 11.5 Å². The first kappa shape index (κ1) is 29.0. The lowest BCUT2D eigenvalue weighted by molar-refractivity contribution is -0.136. The molecular weight excluding hydrogens is 522 g/mol. The number of para-hydroxylation sites is 1. The van der Waals surface area contributed by atoms with Gasteiger partial charge in [0.05, 0.1) is 20.6 Å². The summed E-state index contributed by atoms with van der Waals surface area (Å²) in [6, 6.07) is 27.5. The van der Waals surface area contributed by atoms with E-state index in [0.29, 0.717) is 35.7 Å². The highest BCUT2D eigenvalue weighted by Gasteiger charge is 2.21. The Bertz CT molecular complexity index is 1440. The standard InChI is InChI=1S/C33H33NO7/c1-39-29-19-26(20-30(40-2)32(29)37)33(38)34(18-8-11-23-9-4-3-5-10-23)22-24-14-16-27(17-15-24)41-28-13-7-6-12-25(28)21-31(35)36/h3-7,9-10,12-17,19-20,37H,8,11,18,21-22H2,1-2H3,(H,35,36). The molecule has 0 fully saturated rings. The third-order valence-electron chi connectivity index (χ3n) is 6.59. The number of hydrogen-bond donors (Lipinski definition) is 2. The van der Waals surface area contributed by atoms with Crippen LogP contribution in [0.3, 0.4) is 0 Å². The van der Waals surface area contributed by atoms with Gasteiger partial charge in [-0.05, 0) is 54.3 Å². The predicted molar refractivity (Wildman–Crippen MR) is 155 cm³/mol. The molecule has 0 aliphatic rings. The first-order valence-electron chi connectivity index (χ1n) is 13.2. The average molecular weight is 556 g/mol. The fraction of sp³-hybridized carbons (Fsp3) is 0.212. The van der Waals surface area contributed by atoms with Crippen molar-refractivity contribution in [1.29, 1.82) is 0 Å². The minimum absolute atomic E-state index is 0.138. The number of aliphatic carboxylic acids is 1. The molecule has 212 valence electrons. The molecule has 0 aromatic heterocycles. The predicted octanol–water partition coefficient (Wildman–Crippen LogP) is 6.10. The highest BCUT2D eigenvalue weighted by Crippen LogP contribution is 2.37. The fourth-order valence-corrected chi connectivity index (χ4v) is 4.49. The average Bonchev–Trinajstić information content (AvgIpc) is 2.98. The Morgan fingerprint density at radius 1 is 0.780 bits per heavy atom. The number of hydrogen-bond acceptors (Lipinski definition) is 6. The van der Waals surface area contributed by atoms with Crippen LogP contribution in [0.15, 0.2) is 91.0 Å². The Morgan fingerprint density at radius 3 is 2.05 bits per heavy atom. The van der Waals surface area contributed by atoms with Gasteiger partial charge in [-0.2, -0.15) is 0 Å². The lowest BCUT2D eigenvalue weighted by atomic mass is 10.1. The second-order valence-corrected chi connectivity index (χ2v) is 9.47. The van der Waals surface area contributed by atoms with E-state index in [1.807, 2.05) is 30.3 Å². The van der Waals surface area contributed by atoms with Crippen molar-refractivity contribution in [3.8, 4) is 28.7 Å². The van der Waals surface area contributed by atoms with Gasteiger partial charge in [-0.15, -0.1) is 0 Å². The van der Waals surface area contributed by atoms with Crippen molar-refractivity contribution >= 4 is 11.9 Å². The molecule has 0 bridgehead atoms. The largest absolute Gasteiger partial charge is 0.502 e. The van der Waals surface area contributed by atoms with Crippen LogP contribution in [0.25, 0.3) is 0 Å². The molecule has 4 rings (SSSR count). The fourth-order valence-electron chi connectivity index (χ4n) is 4.49. The Hall–Kier alpha value is -4.98. The van der Waals surface area contributed by atoms with E-state index in [9.17, 15) is 19.8 Å². The van der Waals surface area contributed by atoms with Gasteiger partial charge in [0.2, 0.25) is 5.75 Å². The van der Waals surface area contributed by atoms with Crippen molar-refractivity contribution < 1.29 is 34.0 Å².